The van der Waals surface area contributed by atoms with Crippen LogP contribution in [0.1, 0.15) is 6.92 Å². The fraction of sp³-hybridized carbons (Fsp3) is 0.600. The lowest BCUT2D eigenvalue weighted by molar-refractivity contribution is -0.137. The molecule has 2 aliphatic rings. The van der Waals surface area contributed by atoms with E-state index in [9.17, 15) is 4.79 Å². The van der Waals surface area contributed by atoms with Crippen molar-refractivity contribution in [2.24, 2.45) is 11.8 Å². The monoisotopic (exact) mass is 424 g/mol. The minimum Gasteiger partial charge on any atom is -0.353 e. The number of aromatic nitrogens is 1. The second-order valence-electron chi connectivity index (χ2n) is 5.85. The first-order valence-electron chi connectivity index (χ1n) is 7.51. The molecular formula is C15H23BrCl2N4O. The van der Waals surface area contributed by atoms with Crippen molar-refractivity contribution in [3.8, 4) is 0 Å². The molecule has 1 unspecified atom stereocenters. The second-order valence-corrected chi connectivity index (χ2v) is 6.77. The number of pyridine rings is 1. The summed E-state index contributed by atoms with van der Waals surface area (Å²) in [5.74, 6) is 1.96. The maximum absolute atomic E-state index is 12.5. The van der Waals surface area contributed by atoms with Crippen molar-refractivity contribution in [3.05, 3.63) is 22.8 Å². The molecule has 8 heteroatoms. The molecule has 130 valence electrons. The lowest BCUT2D eigenvalue weighted by Crippen LogP contribution is -2.54. The van der Waals surface area contributed by atoms with E-state index < -0.39 is 0 Å². The first-order valence-corrected chi connectivity index (χ1v) is 8.30. The average Bonchev–Trinajstić information content (AvgIpc) is 2.46. The third-order valence-corrected chi connectivity index (χ3v) is 5.01. The number of nitrogens with zero attached hydrogens (tertiary/aromatic N) is 3. The molecule has 0 bridgehead atoms. The topological polar surface area (TPSA) is 48.5 Å². The van der Waals surface area contributed by atoms with Crippen LogP contribution in [0.25, 0.3) is 0 Å². The molecule has 1 aromatic heterocycles. The highest BCUT2D eigenvalue weighted by molar-refractivity contribution is 9.10. The second kappa shape index (κ2) is 9.06. The van der Waals surface area contributed by atoms with Crippen molar-refractivity contribution >= 4 is 52.5 Å². The molecule has 0 saturated carbocycles. The molecule has 23 heavy (non-hydrogen) atoms. The summed E-state index contributed by atoms with van der Waals surface area (Å²) in [6.07, 6.45) is 1.82. The Kier molecular flexibility index (Phi) is 8.07. The molecule has 2 saturated heterocycles. The van der Waals surface area contributed by atoms with Crippen LogP contribution in [0, 0.1) is 11.8 Å². The summed E-state index contributed by atoms with van der Waals surface area (Å²) in [7, 11) is 0. The largest absolute Gasteiger partial charge is 0.353 e. The predicted octanol–water partition coefficient (Wildman–Crippen LogP) is 2.19. The average molecular weight is 426 g/mol. The molecule has 5 nitrogen and oxygen atoms in total. The Morgan fingerprint density at radius 2 is 1.91 bits per heavy atom. The van der Waals surface area contributed by atoms with Crippen LogP contribution in [0.5, 0.6) is 0 Å². The molecule has 0 radical (unpaired) electrons. The van der Waals surface area contributed by atoms with Crippen LogP contribution in [-0.4, -0.2) is 55.1 Å². The fourth-order valence-electron chi connectivity index (χ4n) is 2.87. The smallest absolute Gasteiger partial charge is 0.225 e. The van der Waals surface area contributed by atoms with Gasteiger partial charge in [0.2, 0.25) is 5.91 Å². The van der Waals surface area contributed by atoms with Gasteiger partial charge in [-0.2, -0.15) is 0 Å². The summed E-state index contributed by atoms with van der Waals surface area (Å²) in [4.78, 5) is 21.2. The minimum atomic E-state index is 0. The Morgan fingerprint density at radius 1 is 1.26 bits per heavy atom. The van der Waals surface area contributed by atoms with Crippen LogP contribution in [0.3, 0.4) is 0 Å². The highest BCUT2D eigenvalue weighted by Gasteiger charge is 2.32. The molecule has 3 rings (SSSR count). The maximum atomic E-state index is 12.5. The van der Waals surface area contributed by atoms with Crippen LogP contribution in [-0.2, 0) is 4.79 Å². The number of halogens is 3. The van der Waals surface area contributed by atoms with Crippen molar-refractivity contribution in [1.82, 2.24) is 15.2 Å². The zero-order valence-electron chi connectivity index (χ0n) is 13.1. The molecule has 3 heterocycles. The lowest BCUT2D eigenvalue weighted by Gasteiger charge is -2.39. The van der Waals surface area contributed by atoms with Gasteiger partial charge in [-0.1, -0.05) is 6.92 Å². The van der Waals surface area contributed by atoms with Crippen LogP contribution in [0.15, 0.2) is 22.8 Å². The zero-order chi connectivity index (χ0) is 14.8. The number of anilines is 1. The Balaban J connectivity index is 0.00000132. The number of piperazine rings is 1. The molecular weight excluding hydrogens is 403 g/mol. The maximum Gasteiger partial charge on any atom is 0.225 e. The summed E-state index contributed by atoms with van der Waals surface area (Å²) in [5.41, 5.74) is 0. The minimum absolute atomic E-state index is 0. The van der Waals surface area contributed by atoms with Crippen LogP contribution < -0.4 is 10.2 Å². The van der Waals surface area contributed by atoms with Crippen molar-refractivity contribution in [2.75, 3.05) is 44.2 Å². The van der Waals surface area contributed by atoms with Gasteiger partial charge in [0.05, 0.1) is 0 Å². The van der Waals surface area contributed by atoms with Gasteiger partial charge in [0.25, 0.3) is 0 Å². The third-order valence-electron chi connectivity index (χ3n) is 4.54. The van der Waals surface area contributed by atoms with Crippen LogP contribution >= 0.6 is 40.7 Å². The lowest BCUT2D eigenvalue weighted by atomic mass is 9.88. The molecule has 0 aromatic carbocycles. The van der Waals surface area contributed by atoms with Gasteiger partial charge < -0.3 is 15.1 Å². The molecule has 1 amide bonds. The fourth-order valence-corrected chi connectivity index (χ4v) is 3.10. The number of amides is 1. The van der Waals surface area contributed by atoms with Gasteiger partial charge in [-0.25, -0.2) is 4.98 Å². The SMILES string of the molecule is CC(C(=O)N1CCN(c2ccc(Br)cn2)CC1)C1CNC1.Cl.Cl. The van der Waals surface area contributed by atoms with Crippen molar-refractivity contribution < 1.29 is 4.79 Å². The Labute approximate surface area is 158 Å². The first-order chi connectivity index (χ1) is 10.1. The quantitative estimate of drug-likeness (QED) is 0.806. The van der Waals surface area contributed by atoms with E-state index in [0.29, 0.717) is 11.8 Å². The van der Waals surface area contributed by atoms with Crippen molar-refractivity contribution in [3.63, 3.8) is 0 Å². The number of carbonyl (C=O) groups is 1. The van der Waals surface area contributed by atoms with Gasteiger partial charge in [-0.3, -0.25) is 4.79 Å². The van der Waals surface area contributed by atoms with E-state index in [1.807, 2.05) is 23.2 Å². The molecule has 2 aliphatic heterocycles. The molecule has 1 atom stereocenters. The van der Waals surface area contributed by atoms with Crippen LogP contribution in [0.4, 0.5) is 5.82 Å². The standard InChI is InChI=1S/C15H21BrN4O.2ClH/c1-11(12-8-17-9-12)15(21)20-6-4-19(5-7-20)14-3-2-13(16)10-18-14;;/h2-3,10-12,17H,4-9H2,1H3;2*1H. The van der Waals surface area contributed by atoms with Crippen molar-refractivity contribution in [1.29, 1.82) is 0 Å². The van der Waals surface area contributed by atoms with Gasteiger partial charge in [0, 0.05) is 42.8 Å². The first kappa shape index (κ1) is 20.5. The predicted molar refractivity (Wildman–Crippen MR) is 101 cm³/mol. The van der Waals surface area contributed by atoms with E-state index >= 15 is 0 Å². The number of rotatable bonds is 3. The summed E-state index contributed by atoms with van der Waals surface area (Å²) >= 11 is 3.40. The number of hydrogen-bond donors (Lipinski definition) is 1. The van der Waals surface area contributed by atoms with E-state index in [4.69, 9.17) is 0 Å². The Hall–Kier alpha value is -0.560. The van der Waals surface area contributed by atoms with Gasteiger partial charge in [-0.05, 0) is 47.1 Å². The normalized spacial score (nSPS) is 19.2. The Morgan fingerprint density at radius 3 is 2.39 bits per heavy atom. The number of hydrogen-bond acceptors (Lipinski definition) is 4. The molecule has 1 N–H and O–H groups in total. The summed E-state index contributed by atoms with van der Waals surface area (Å²) < 4.78 is 0.989. The van der Waals surface area contributed by atoms with E-state index in [1.54, 1.807) is 0 Å². The Bertz CT molecular complexity index is 505. The molecule has 0 spiro atoms. The van der Waals surface area contributed by atoms with Gasteiger partial charge in [0.1, 0.15) is 5.82 Å². The number of carbonyl (C=O) groups excluding carboxylic acids is 1. The number of nitrogens with one attached hydrogen (secondary N) is 1. The van der Waals surface area contributed by atoms with E-state index in [1.165, 1.54) is 0 Å². The molecule has 2 fully saturated rings. The van der Waals surface area contributed by atoms with Crippen molar-refractivity contribution in [2.45, 2.75) is 6.92 Å². The highest BCUT2D eigenvalue weighted by Crippen LogP contribution is 2.21. The van der Waals surface area contributed by atoms with Crippen LogP contribution in [0.2, 0.25) is 0 Å². The van der Waals surface area contributed by atoms with E-state index in [2.05, 4.69) is 38.1 Å². The third kappa shape index (κ3) is 4.72. The summed E-state index contributed by atoms with van der Waals surface area (Å²) in [6, 6.07) is 4.02. The van der Waals surface area contributed by atoms with Gasteiger partial charge in [0.15, 0.2) is 0 Å². The van der Waals surface area contributed by atoms with Gasteiger partial charge >= 0.3 is 0 Å². The summed E-state index contributed by atoms with van der Waals surface area (Å²) in [5, 5.41) is 3.24. The van der Waals surface area contributed by atoms with E-state index in [0.717, 1.165) is 49.6 Å². The van der Waals surface area contributed by atoms with Gasteiger partial charge in [-0.15, -0.1) is 24.8 Å². The highest BCUT2D eigenvalue weighted by atomic mass is 79.9. The van der Waals surface area contributed by atoms with E-state index in [-0.39, 0.29) is 30.7 Å². The molecule has 1 aromatic rings. The zero-order valence-corrected chi connectivity index (χ0v) is 16.3. The molecule has 0 aliphatic carbocycles. The summed E-state index contributed by atoms with van der Waals surface area (Å²) in [6.45, 7) is 7.33.